The lowest BCUT2D eigenvalue weighted by Crippen LogP contribution is -2.37. The van der Waals surface area contributed by atoms with Gasteiger partial charge in [0.15, 0.2) is 11.0 Å². The van der Waals surface area contributed by atoms with E-state index >= 15 is 0 Å². The number of aromatic nitrogens is 5. The SMILES string of the molecule is Cn1c(CSc2nnc(-c3ccccc3Cl)n2C2CCCC2)cc(=O)n(C)c1=O. The molecule has 0 N–H and O–H groups in total. The molecule has 0 aliphatic heterocycles. The van der Waals surface area contributed by atoms with Crippen LogP contribution in [0.2, 0.25) is 5.02 Å². The third-order valence-corrected chi connectivity index (χ3v) is 6.75. The Bertz CT molecular complexity index is 1160. The van der Waals surface area contributed by atoms with E-state index in [0.29, 0.717) is 22.5 Å². The average molecular weight is 432 g/mol. The lowest BCUT2D eigenvalue weighted by Gasteiger charge is -2.17. The second-order valence-electron chi connectivity index (χ2n) is 7.26. The van der Waals surface area contributed by atoms with E-state index in [2.05, 4.69) is 14.8 Å². The minimum Gasteiger partial charge on any atom is -0.300 e. The molecule has 9 heteroatoms. The monoisotopic (exact) mass is 431 g/mol. The molecule has 0 spiro atoms. The number of hydrogen-bond acceptors (Lipinski definition) is 5. The first-order valence-corrected chi connectivity index (χ1v) is 10.9. The fourth-order valence-corrected chi connectivity index (χ4v) is 5.00. The number of thioether (sulfide) groups is 1. The molecule has 0 atom stereocenters. The molecule has 7 nitrogen and oxygen atoms in total. The predicted molar refractivity (Wildman–Crippen MR) is 114 cm³/mol. The second kappa shape index (κ2) is 8.20. The van der Waals surface area contributed by atoms with Gasteiger partial charge in [-0.3, -0.25) is 18.5 Å². The van der Waals surface area contributed by atoms with Crippen molar-refractivity contribution in [2.45, 2.75) is 42.6 Å². The zero-order valence-corrected chi connectivity index (χ0v) is 17.9. The molecule has 0 saturated heterocycles. The smallest absolute Gasteiger partial charge is 0.300 e. The van der Waals surface area contributed by atoms with E-state index in [1.54, 1.807) is 7.05 Å². The Kier molecular flexibility index (Phi) is 5.65. The highest BCUT2D eigenvalue weighted by molar-refractivity contribution is 7.98. The molecule has 0 bridgehead atoms. The van der Waals surface area contributed by atoms with Crippen molar-refractivity contribution in [3.05, 3.63) is 61.9 Å². The highest BCUT2D eigenvalue weighted by Gasteiger charge is 2.26. The van der Waals surface area contributed by atoms with Gasteiger partial charge in [0.1, 0.15) is 0 Å². The lowest BCUT2D eigenvalue weighted by atomic mass is 10.2. The van der Waals surface area contributed by atoms with Crippen LogP contribution < -0.4 is 11.2 Å². The average Bonchev–Trinajstić information content (AvgIpc) is 3.38. The zero-order valence-electron chi connectivity index (χ0n) is 16.3. The Morgan fingerprint density at radius 1 is 1.10 bits per heavy atom. The Morgan fingerprint density at radius 3 is 2.55 bits per heavy atom. The van der Waals surface area contributed by atoms with Gasteiger partial charge in [0.2, 0.25) is 0 Å². The van der Waals surface area contributed by atoms with Crippen molar-refractivity contribution in [3.8, 4) is 11.4 Å². The van der Waals surface area contributed by atoms with E-state index in [0.717, 1.165) is 34.0 Å². The Labute approximate surface area is 177 Å². The minimum atomic E-state index is -0.331. The number of nitrogens with zero attached hydrogens (tertiary/aromatic N) is 5. The van der Waals surface area contributed by atoms with Crippen LogP contribution in [0.25, 0.3) is 11.4 Å². The molecule has 152 valence electrons. The Balaban J connectivity index is 1.71. The van der Waals surface area contributed by atoms with Crippen molar-refractivity contribution in [3.63, 3.8) is 0 Å². The van der Waals surface area contributed by atoms with E-state index in [-0.39, 0.29) is 11.2 Å². The van der Waals surface area contributed by atoms with Gasteiger partial charge in [-0.25, -0.2) is 4.79 Å². The summed E-state index contributed by atoms with van der Waals surface area (Å²) in [7, 11) is 3.16. The first kappa shape index (κ1) is 20.0. The molecule has 2 aromatic heterocycles. The van der Waals surface area contributed by atoms with E-state index < -0.39 is 0 Å². The second-order valence-corrected chi connectivity index (χ2v) is 8.61. The fourth-order valence-electron chi connectivity index (χ4n) is 3.75. The molecule has 1 aliphatic rings. The van der Waals surface area contributed by atoms with Gasteiger partial charge >= 0.3 is 5.69 Å². The number of halogens is 1. The maximum Gasteiger partial charge on any atom is 0.330 e. The summed E-state index contributed by atoms with van der Waals surface area (Å²) in [5.74, 6) is 1.22. The first-order chi connectivity index (χ1) is 14.0. The van der Waals surface area contributed by atoms with Crippen LogP contribution in [-0.4, -0.2) is 23.9 Å². The van der Waals surface area contributed by atoms with Crippen molar-refractivity contribution < 1.29 is 0 Å². The summed E-state index contributed by atoms with van der Waals surface area (Å²) in [6.45, 7) is 0. The molecule has 4 rings (SSSR count). The molecule has 0 radical (unpaired) electrons. The Morgan fingerprint density at radius 2 is 1.83 bits per heavy atom. The van der Waals surface area contributed by atoms with Crippen LogP contribution in [0.15, 0.2) is 45.1 Å². The molecule has 1 aliphatic carbocycles. The highest BCUT2D eigenvalue weighted by Crippen LogP contribution is 2.38. The fraction of sp³-hybridized carbons (Fsp3) is 0.400. The molecule has 2 heterocycles. The summed E-state index contributed by atoms with van der Waals surface area (Å²) in [4.78, 5) is 24.2. The number of rotatable bonds is 5. The molecule has 1 aromatic carbocycles. The third kappa shape index (κ3) is 3.79. The van der Waals surface area contributed by atoms with E-state index in [9.17, 15) is 9.59 Å². The van der Waals surface area contributed by atoms with Crippen LogP contribution in [0.4, 0.5) is 0 Å². The van der Waals surface area contributed by atoms with Gasteiger partial charge in [0.25, 0.3) is 5.56 Å². The summed E-state index contributed by atoms with van der Waals surface area (Å²) in [6, 6.07) is 9.47. The van der Waals surface area contributed by atoms with Crippen molar-refractivity contribution >= 4 is 23.4 Å². The normalized spacial score (nSPS) is 14.6. The lowest BCUT2D eigenvalue weighted by molar-refractivity contribution is 0.485. The maximum atomic E-state index is 12.2. The van der Waals surface area contributed by atoms with Crippen LogP contribution in [0, 0.1) is 0 Å². The molecule has 1 fully saturated rings. The zero-order chi connectivity index (χ0) is 20.5. The predicted octanol–water partition coefficient (Wildman–Crippen LogP) is 3.40. The standard InChI is InChI=1S/C20H22ClN5O2S/c1-24-14(11-17(27)25(2)20(24)28)12-29-19-23-22-18(15-9-5-6-10-16(15)21)26(19)13-7-3-4-8-13/h5-6,9-11,13H,3-4,7-8,12H2,1-2H3. The summed E-state index contributed by atoms with van der Waals surface area (Å²) < 4.78 is 4.78. The van der Waals surface area contributed by atoms with Crippen molar-refractivity contribution in [2.24, 2.45) is 14.1 Å². The first-order valence-electron chi connectivity index (χ1n) is 9.56. The topological polar surface area (TPSA) is 74.7 Å². The summed E-state index contributed by atoms with van der Waals surface area (Å²) in [5.41, 5.74) is 0.879. The van der Waals surface area contributed by atoms with Crippen molar-refractivity contribution in [2.75, 3.05) is 0 Å². The molecule has 1 saturated carbocycles. The maximum absolute atomic E-state index is 12.2. The molecule has 29 heavy (non-hydrogen) atoms. The largest absolute Gasteiger partial charge is 0.330 e. The van der Waals surface area contributed by atoms with E-state index in [1.807, 2.05) is 24.3 Å². The van der Waals surface area contributed by atoms with Crippen LogP contribution >= 0.6 is 23.4 Å². The van der Waals surface area contributed by atoms with Gasteiger partial charge < -0.3 is 0 Å². The molecule has 0 amide bonds. The molecular formula is C20H22ClN5O2S. The molecule has 3 aromatic rings. The van der Waals surface area contributed by atoms with Gasteiger partial charge in [0.05, 0.1) is 5.02 Å². The summed E-state index contributed by atoms with van der Waals surface area (Å²) in [5, 5.41) is 10.3. The quantitative estimate of drug-likeness (QED) is 0.579. The molecule has 0 unspecified atom stereocenters. The number of hydrogen-bond donors (Lipinski definition) is 0. The van der Waals surface area contributed by atoms with Crippen molar-refractivity contribution in [1.82, 2.24) is 23.9 Å². The van der Waals surface area contributed by atoms with Gasteiger partial charge in [-0.1, -0.05) is 48.3 Å². The van der Waals surface area contributed by atoms with Crippen LogP contribution in [-0.2, 0) is 19.8 Å². The van der Waals surface area contributed by atoms with Crippen LogP contribution in [0.3, 0.4) is 0 Å². The van der Waals surface area contributed by atoms with Crippen molar-refractivity contribution in [1.29, 1.82) is 0 Å². The van der Waals surface area contributed by atoms with E-state index in [1.165, 1.54) is 42.3 Å². The van der Waals surface area contributed by atoms with Gasteiger partial charge in [-0.15, -0.1) is 10.2 Å². The van der Waals surface area contributed by atoms with Gasteiger partial charge in [0, 0.05) is 43.2 Å². The summed E-state index contributed by atoms with van der Waals surface area (Å²) >= 11 is 7.91. The van der Waals surface area contributed by atoms with Crippen LogP contribution in [0.1, 0.15) is 37.4 Å². The third-order valence-electron chi connectivity index (χ3n) is 5.44. The minimum absolute atomic E-state index is 0.308. The summed E-state index contributed by atoms with van der Waals surface area (Å²) in [6.07, 6.45) is 4.51. The van der Waals surface area contributed by atoms with Gasteiger partial charge in [-0.05, 0) is 25.0 Å². The Hall–Kier alpha value is -2.32. The molecular weight excluding hydrogens is 410 g/mol. The van der Waals surface area contributed by atoms with Gasteiger partial charge in [-0.2, -0.15) is 0 Å². The highest BCUT2D eigenvalue weighted by atomic mass is 35.5. The number of benzene rings is 1. The van der Waals surface area contributed by atoms with E-state index in [4.69, 9.17) is 11.6 Å². The van der Waals surface area contributed by atoms with Crippen LogP contribution in [0.5, 0.6) is 0 Å².